The van der Waals surface area contributed by atoms with Gasteiger partial charge in [0.25, 0.3) is 0 Å². The van der Waals surface area contributed by atoms with Gasteiger partial charge < -0.3 is 10.1 Å². The summed E-state index contributed by atoms with van der Waals surface area (Å²) in [5.41, 5.74) is 2.69. The number of rotatable bonds is 12. The molecule has 4 aromatic heterocycles. The molecule has 0 aliphatic rings. The van der Waals surface area contributed by atoms with Crippen LogP contribution in [0.3, 0.4) is 0 Å². The number of amides is 1. The molecule has 1 amide bonds. The molecule has 0 aliphatic heterocycles. The van der Waals surface area contributed by atoms with E-state index in [0.29, 0.717) is 52.0 Å². The number of hydrogen-bond donors (Lipinski definition) is 1. The topological polar surface area (TPSA) is 120 Å². The monoisotopic (exact) mass is 624 g/mol. The third-order valence-corrected chi connectivity index (χ3v) is 8.96. The fourth-order valence-electron chi connectivity index (χ4n) is 4.23. The molecule has 0 spiro atoms. The van der Waals surface area contributed by atoms with E-state index in [-0.39, 0.29) is 19.0 Å². The second kappa shape index (κ2) is 12.5. The average molecular weight is 625 g/mol. The number of aryl methyl sites for hydroxylation is 1. The Balaban J connectivity index is 1.41. The van der Waals surface area contributed by atoms with E-state index in [1.807, 2.05) is 22.4 Å². The first kappa shape index (κ1) is 30.1. The van der Waals surface area contributed by atoms with Crippen LogP contribution in [0.4, 0.5) is 25.3 Å². The van der Waals surface area contributed by atoms with E-state index in [4.69, 9.17) is 9.72 Å². The highest BCUT2D eigenvalue weighted by Gasteiger charge is 2.22. The van der Waals surface area contributed by atoms with Gasteiger partial charge in [0, 0.05) is 38.7 Å². The van der Waals surface area contributed by atoms with Crippen LogP contribution >= 0.6 is 11.5 Å². The first-order valence-electron chi connectivity index (χ1n) is 13.4. The number of carbonyl (C=O) groups excluding carboxylic acids is 2. The number of benzene rings is 1. The van der Waals surface area contributed by atoms with Crippen LogP contribution in [0.1, 0.15) is 16.2 Å². The summed E-state index contributed by atoms with van der Waals surface area (Å²) in [5, 5.41) is 7.33. The Morgan fingerprint density at radius 3 is 2.77 bits per heavy atom. The minimum absolute atomic E-state index is 0.193. The van der Waals surface area contributed by atoms with Gasteiger partial charge in [-0.05, 0) is 36.6 Å². The maximum absolute atomic E-state index is 14.0. The molecule has 5 rings (SSSR count). The number of hydrogen-bond acceptors (Lipinski definition) is 9. The summed E-state index contributed by atoms with van der Waals surface area (Å²) in [6, 6.07) is 6.25. The van der Waals surface area contributed by atoms with Crippen LogP contribution in [-0.4, -0.2) is 62.1 Å². The summed E-state index contributed by atoms with van der Waals surface area (Å²) in [6.07, 6.45) is 7.47. The Morgan fingerprint density at radius 1 is 1.21 bits per heavy atom. The fraction of sp³-hybridized carbons (Fsp3) is 0.286. The number of nitrogens with one attached hydrogen (secondary N) is 1. The smallest absolute Gasteiger partial charge is 0.246 e. The first-order valence-corrected chi connectivity index (χ1v) is 17.9. The van der Waals surface area contributed by atoms with Crippen LogP contribution < -0.4 is 10.2 Å². The maximum atomic E-state index is 14.0. The van der Waals surface area contributed by atoms with Crippen molar-refractivity contribution < 1.29 is 23.1 Å². The van der Waals surface area contributed by atoms with Gasteiger partial charge >= 0.3 is 0 Å². The summed E-state index contributed by atoms with van der Waals surface area (Å²) in [5.74, 6) is -2.21. The first-order chi connectivity index (χ1) is 20.5. The van der Waals surface area contributed by atoms with Gasteiger partial charge in [-0.3, -0.25) is 23.6 Å². The van der Waals surface area contributed by atoms with E-state index in [0.717, 1.165) is 12.1 Å². The molecule has 0 unspecified atom stereocenters. The van der Waals surface area contributed by atoms with Gasteiger partial charge in [0.15, 0.2) is 29.4 Å². The van der Waals surface area contributed by atoms with Crippen LogP contribution in [-0.2, 0) is 16.1 Å². The van der Waals surface area contributed by atoms with Crippen molar-refractivity contribution >= 4 is 54.0 Å². The Kier molecular flexibility index (Phi) is 8.75. The molecule has 0 radical (unpaired) electrons. The van der Waals surface area contributed by atoms with E-state index in [9.17, 15) is 18.4 Å². The van der Waals surface area contributed by atoms with Crippen molar-refractivity contribution in [2.24, 2.45) is 0 Å². The highest BCUT2D eigenvalue weighted by Crippen LogP contribution is 2.33. The largest absolute Gasteiger partial charge is 0.361 e. The normalized spacial score (nSPS) is 11.7. The van der Waals surface area contributed by atoms with E-state index in [2.05, 4.69) is 39.4 Å². The third-order valence-electron chi connectivity index (χ3n) is 6.43. The molecule has 0 aliphatic carbocycles. The summed E-state index contributed by atoms with van der Waals surface area (Å²) in [7, 11) is -1.31. The molecule has 0 saturated carbocycles. The molecule has 0 fully saturated rings. The lowest BCUT2D eigenvalue weighted by Crippen LogP contribution is -2.26. The maximum Gasteiger partial charge on any atom is 0.246 e. The summed E-state index contributed by atoms with van der Waals surface area (Å²) in [4.78, 5) is 35.2. The lowest BCUT2D eigenvalue weighted by Gasteiger charge is -2.23. The van der Waals surface area contributed by atoms with Crippen molar-refractivity contribution in [2.75, 3.05) is 23.6 Å². The van der Waals surface area contributed by atoms with Crippen LogP contribution in [0.5, 0.6) is 0 Å². The van der Waals surface area contributed by atoms with E-state index < -0.39 is 25.6 Å². The molecular weight excluding hydrogens is 595 g/mol. The van der Waals surface area contributed by atoms with Gasteiger partial charge in [0.2, 0.25) is 5.91 Å². The lowest BCUT2D eigenvalue weighted by molar-refractivity contribution is -0.116. The lowest BCUT2D eigenvalue weighted by atomic mass is 10.3. The number of aromatic nitrogens is 6. The number of imidazole rings is 1. The zero-order valence-corrected chi connectivity index (χ0v) is 25.9. The predicted molar refractivity (Wildman–Crippen MR) is 163 cm³/mol. The summed E-state index contributed by atoms with van der Waals surface area (Å²) >= 11 is 1.17. The molecule has 15 heteroatoms. The number of carbonyl (C=O) groups is 2. The van der Waals surface area contributed by atoms with Gasteiger partial charge in [-0.25, -0.2) is 18.7 Å². The van der Waals surface area contributed by atoms with E-state index in [1.54, 1.807) is 24.7 Å². The number of nitrogens with zero attached hydrogens (tertiary/aromatic N) is 7. The number of anilines is 3. The number of halogens is 2. The van der Waals surface area contributed by atoms with Crippen LogP contribution in [0, 0.1) is 18.6 Å². The molecular formula is C28H30F2N8O3SSi. The van der Waals surface area contributed by atoms with Crippen LogP contribution in [0.2, 0.25) is 25.7 Å². The van der Waals surface area contributed by atoms with Gasteiger partial charge in [-0.2, -0.15) is 9.47 Å². The van der Waals surface area contributed by atoms with Gasteiger partial charge in [-0.1, -0.05) is 25.7 Å². The predicted octanol–water partition coefficient (Wildman–Crippen LogP) is 5.54. The van der Waals surface area contributed by atoms with Crippen LogP contribution in [0.15, 0.2) is 49.1 Å². The minimum Gasteiger partial charge on any atom is -0.361 e. The van der Waals surface area contributed by atoms with Crippen molar-refractivity contribution in [1.29, 1.82) is 0 Å². The second-order valence-corrected chi connectivity index (χ2v) is 17.5. The van der Waals surface area contributed by atoms with Gasteiger partial charge in [0.1, 0.15) is 24.0 Å². The molecule has 11 nitrogen and oxygen atoms in total. The standard InChI is InChI=1S/C28H30F2N8O3SSi/c1-18-13-37-23(19-11-32-36(14-19)15-24(40)34-22-7-5-6-21(29)26(22)30)12-31-27(37)28(33-18)38(17-41-8-9-43(2,3)4)25-10-20(16-39)35-42-25/h5-7,10-14,16H,8-9,15,17H2,1-4H3,(H,34,40). The van der Waals surface area contributed by atoms with E-state index in [1.165, 1.54) is 28.3 Å². The molecule has 1 aromatic carbocycles. The molecule has 224 valence electrons. The van der Waals surface area contributed by atoms with Crippen molar-refractivity contribution in [1.82, 2.24) is 28.5 Å². The molecule has 0 saturated heterocycles. The summed E-state index contributed by atoms with van der Waals surface area (Å²) in [6.45, 7) is 9.27. The Bertz CT molecular complexity index is 1780. The molecule has 1 N–H and O–H groups in total. The highest BCUT2D eigenvalue weighted by atomic mass is 32.1. The zero-order chi connectivity index (χ0) is 30.7. The average Bonchev–Trinajstić information content (AvgIpc) is 3.70. The van der Waals surface area contributed by atoms with Crippen molar-refractivity contribution in [2.45, 2.75) is 39.2 Å². The molecule has 43 heavy (non-hydrogen) atoms. The van der Waals surface area contributed by atoms with Crippen molar-refractivity contribution in [3.8, 4) is 11.3 Å². The van der Waals surface area contributed by atoms with Gasteiger partial charge in [-0.15, -0.1) is 0 Å². The Morgan fingerprint density at radius 2 is 2.02 bits per heavy atom. The number of fused-ring (bicyclic) bond motifs is 1. The van der Waals surface area contributed by atoms with Gasteiger partial charge in [0.05, 0.1) is 29.5 Å². The van der Waals surface area contributed by atoms with Crippen molar-refractivity contribution in [3.05, 3.63) is 72.1 Å². The van der Waals surface area contributed by atoms with Crippen LogP contribution in [0.25, 0.3) is 16.9 Å². The highest BCUT2D eigenvalue weighted by molar-refractivity contribution is 7.10. The zero-order valence-electron chi connectivity index (χ0n) is 24.0. The number of ether oxygens (including phenoxy) is 1. The SMILES string of the molecule is Cc1cn2c(-c3cnn(CC(=O)Nc4cccc(F)c4F)c3)cnc2c(N(COCC[Si](C)(C)C)c2cc(C=O)ns2)n1. The fourth-order valence-corrected chi connectivity index (χ4v) is 5.69. The quantitative estimate of drug-likeness (QED) is 0.0832. The van der Waals surface area contributed by atoms with Crippen molar-refractivity contribution in [3.63, 3.8) is 0 Å². The molecule has 0 bridgehead atoms. The Labute approximate surface area is 251 Å². The van der Waals surface area contributed by atoms with E-state index >= 15 is 0 Å². The minimum atomic E-state index is -1.31. The molecule has 5 aromatic rings. The Hall–Kier alpha value is -4.34. The molecule has 4 heterocycles. The molecule has 0 atom stereocenters. The third kappa shape index (κ3) is 7.01. The summed E-state index contributed by atoms with van der Waals surface area (Å²) < 4.78 is 41.0. The second-order valence-electron chi connectivity index (χ2n) is 11.1. The number of aldehydes is 1.